The molecule has 2 heterocycles. The number of ether oxygens (including phenoxy) is 4. The second-order valence-electron chi connectivity index (χ2n) is 11.4. The molecule has 4 rings (SSSR count). The zero-order valence-corrected chi connectivity index (χ0v) is 30.2. The van der Waals surface area contributed by atoms with Gasteiger partial charge in [0.05, 0.1) is 38.0 Å². The van der Waals surface area contributed by atoms with Crippen LogP contribution >= 0.6 is 0 Å². The smallest absolute Gasteiger partial charge is 0.335 e. The third kappa shape index (κ3) is 18.4. The van der Waals surface area contributed by atoms with Gasteiger partial charge >= 0.3 is 11.9 Å². The van der Waals surface area contributed by atoms with Crippen LogP contribution in [-0.4, -0.2) is 117 Å². The van der Waals surface area contributed by atoms with Crippen LogP contribution in [-0.2, 0) is 22.8 Å². The average Bonchev–Trinajstić information content (AvgIpc) is 3.20. The molecule has 0 spiro atoms. The SMILES string of the molecule is CNCCCOc1cncc(OCc2ccccc2)c1.CNCCCOc1cncc(OCc2ccccc2)c1.O=C(O)[C@@H](O)[C@H](O)[C@H](O)[C@@H](O)C(=O)O. The number of hydrogen-bond donors (Lipinski definition) is 8. The van der Waals surface area contributed by atoms with Gasteiger partial charge in [0.15, 0.2) is 12.2 Å². The van der Waals surface area contributed by atoms with Gasteiger partial charge in [-0.2, -0.15) is 0 Å². The molecule has 0 radical (unpaired) electrons. The molecular formula is C38H50N4O12. The largest absolute Gasteiger partial charge is 0.492 e. The lowest BCUT2D eigenvalue weighted by Gasteiger charge is -2.21. The fourth-order valence-corrected chi connectivity index (χ4v) is 4.14. The molecule has 0 aliphatic carbocycles. The van der Waals surface area contributed by atoms with Crippen molar-refractivity contribution in [2.75, 3.05) is 40.4 Å². The molecule has 0 fully saturated rings. The number of nitrogens with one attached hydrogen (secondary N) is 2. The summed E-state index contributed by atoms with van der Waals surface area (Å²) in [5, 5.41) is 57.6. The lowest BCUT2D eigenvalue weighted by Crippen LogP contribution is -2.49. The molecule has 8 N–H and O–H groups in total. The molecule has 0 amide bonds. The number of aliphatic carboxylic acids is 2. The number of aromatic nitrogens is 2. The van der Waals surface area contributed by atoms with E-state index in [9.17, 15) is 9.59 Å². The summed E-state index contributed by atoms with van der Waals surface area (Å²) in [6.07, 6.45) is -0.553. The summed E-state index contributed by atoms with van der Waals surface area (Å²) in [4.78, 5) is 28.4. The van der Waals surface area contributed by atoms with E-state index in [-0.39, 0.29) is 0 Å². The van der Waals surface area contributed by atoms with Crippen molar-refractivity contribution in [1.82, 2.24) is 20.6 Å². The van der Waals surface area contributed by atoms with Gasteiger partial charge in [-0.25, -0.2) is 9.59 Å². The number of hydrogen-bond acceptors (Lipinski definition) is 14. The second-order valence-corrected chi connectivity index (χ2v) is 11.4. The zero-order chi connectivity index (χ0) is 39.6. The van der Waals surface area contributed by atoms with Crippen LogP contribution in [0.25, 0.3) is 0 Å². The molecule has 16 nitrogen and oxygen atoms in total. The van der Waals surface area contributed by atoms with E-state index in [1.165, 1.54) is 0 Å². The van der Waals surface area contributed by atoms with Crippen LogP contribution in [0.4, 0.5) is 0 Å². The summed E-state index contributed by atoms with van der Waals surface area (Å²) in [7, 11) is 3.86. The van der Waals surface area contributed by atoms with Crippen LogP contribution in [0.5, 0.6) is 23.0 Å². The normalized spacial score (nSPS) is 12.6. The molecule has 0 saturated carbocycles. The third-order valence-electron chi connectivity index (χ3n) is 7.06. The Morgan fingerprint density at radius 3 is 1.22 bits per heavy atom. The Kier molecular flexibility index (Phi) is 21.9. The number of aliphatic hydroxyl groups excluding tert-OH is 4. The van der Waals surface area contributed by atoms with Crippen LogP contribution in [0.2, 0.25) is 0 Å². The van der Waals surface area contributed by atoms with Crippen LogP contribution in [0.1, 0.15) is 24.0 Å². The minimum absolute atomic E-state index is 0.533. The quantitative estimate of drug-likeness (QED) is 0.0567. The van der Waals surface area contributed by atoms with E-state index in [1.54, 1.807) is 24.8 Å². The molecule has 0 aliphatic heterocycles. The highest BCUT2D eigenvalue weighted by molar-refractivity contribution is 5.75. The zero-order valence-electron chi connectivity index (χ0n) is 30.2. The molecule has 2 aromatic carbocycles. The number of carbonyl (C=O) groups is 2. The Hall–Kier alpha value is -5.36. The Morgan fingerprint density at radius 1 is 0.574 bits per heavy atom. The number of nitrogens with zero attached hydrogens (tertiary/aromatic N) is 2. The molecule has 0 bridgehead atoms. The monoisotopic (exact) mass is 754 g/mol. The first-order valence-corrected chi connectivity index (χ1v) is 17.0. The number of carboxylic acid groups (broad SMARTS) is 2. The highest BCUT2D eigenvalue weighted by atomic mass is 16.5. The van der Waals surface area contributed by atoms with Gasteiger partial charge in [0.1, 0.15) is 48.4 Å². The van der Waals surface area contributed by atoms with Gasteiger partial charge in [0.2, 0.25) is 0 Å². The van der Waals surface area contributed by atoms with Crippen LogP contribution in [0.3, 0.4) is 0 Å². The maximum Gasteiger partial charge on any atom is 0.335 e. The minimum Gasteiger partial charge on any atom is -0.492 e. The van der Waals surface area contributed by atoms with Crippen molar-refractivity contribution in [3.63, 3.8) is 0 Å². The first kappa shape index (κ1) is 44.8. The molecule has 2 aromatic heterocycles. The van der Waals surface area contributed by atoms with E-state index >= 15 is 0 Å². The van der Waals surface area contributed by atoms with E-state index in [0.29, 0.717) is 26.4 Å². The van der Waals surface area contributed by atoms with Crippen molar-refractivity contribution in [1.29, 1.82) is 0 Å². The fourth-order valence-electron chi connectivity index (χ4n) is 4.14. The Labute approximate surface area is 314 Å². The molecule has 294 valence electrons. The number of benzene rings is 2. The first-order chi connectivity index (χ1) is 26.0. The maximum atomic E-state index is 10.1. The van der Waals surface area contributed by atoms with Gasteiger partial charge in [-0.1, -0.05) is 60.7 Å². The second kappa shape index (κ2) is 26.4. The van der Waals surface area contributed by atoms with Crippen molar-refractivity contribution in [3.8, 4) is 23.0 Å². The van der Waals surface area contributed by atoms with E-state index in [4.69, 9.17) is 49.6 Å². The Balaban J connectivity index is 0.000000286. The topological polar surface area (TPSA) is 242 Å². The highest BCUT2D eigenvalue weighted by Crippen LogP contribution is 2.20. The Bertz CT molecular complexity index is 1480. The van der Waals surface area contributed by atoms with Gasteiger partial charge in [-0.3, -0.25) is 9.97 Å². The molecule has 16 heteroatoms. The predicted molar refractivity (Wildman–Crippen MR) is 197 cm³/mol. The summed E-state index contributed by atoms with van der Waals surface area (Å²) in [5.41, 5.74) is 2.26. The van der Waals surface area contributed by atoms with Crippen LogP contribution < -0.4 is 29.6 Å². The van der Waals surface area contributed by atoms with E-state index < -0.39 is 36.4 Å². The van der Waals surface area contributed by atoms with Crippen LogP contribution in [0, 0.1) is 0 Å². The van der Waals surface area contributed by atoms with Gasteiger partial charge in [0, 0.05) is 12.1 Å². The van der Waals surface area contributed by atoms with E-state index in [2.05, 4.69) is 20.6 Å². The molecule has 0 saturated heterocycles. The first-order valence-electron chi connectivity index (χ1n) is 17.0. The summed E-state index contributed by atoms with van der Waals surface area (Å²) >= 11 is 0. The van der Waals surface area contributed by atoms with Gasteiger partial charge in [0.25, 0.3) is 0 Å². The number of pyridine rings is 2. The lowest BCUT2D eigenvalue weighted by molar-refractivity contribution is -0.172. The summed E-state index contributed by atoms with van der Waals surface area (Å²) in [5.74, 6) is -0.749. The number of aliphatic hydroxyl groups is 4. The fraction of sp³-hybridized carbons (Fsp3) is 0.368. The predicted octanol–water partition coefficient (Wildman–Crippen LogP) is 1.90. The van der Waals surface area contributed by atoms with E-state index in [1.807, 2.05) is 86.9 Å². The van der Waals surface area contributed by atoms with Crippen LogP contribution in [0.15, 0.2) is 97.6 Å². The van der Waals surface area contributed by atoms with Crippen molar-refractivity contribution in [3.05, 3.63) is 109 Å². The van der Waals surface area contributed by atoms with Gasteiger partial charge in [-0.15, -0.1) is 0 Å². The third-order valence-corrected chi connectivity index (χ3v) is 7.06. The number of carboxylic acids is 2. The van der Waals surface area contributed by atoms with Gasteiger partial charge in [-0.05, 0) is 51.2 Å². The Morgan fingerprint density at radius 2 is 0.907 bits per heavy atom. The average molecular weight is 755 g/mol. The van der Waals surface area contributed by atoms with Crippen molar-refractivity contribution >= 4 is 11.9 Å². The van der Waals surface area contributed by atoms with Gasteiger partial charge < -0.3 is 60.2 Å². The lowest BCUT2D eigenvalue weighted by atomic mass is 10.0. The molecule has 0 unspecified atom stereocenters. The minimum atomic E-state index is -2.36. The number of rotatable bonds is 21. The summed E-state index contributed by atoms with van der Waals surface area (Å²) in [6.45, 7) is 4.29. The maximum absolute atomic E-state index is 10.1. The highest BCUT2D eigenvalue weighted by Gasteiger charge is 2.37. The van der Waals surface area contributed by atoms with Crippen molar-refractivity contribution < 1.29 is 59.2 Å². The molecular weight excluding hydrogens is 704 g/mol. The standard InChI is InChI=1S/2C16H20N2O2.C6H10O8/c2*1-17-8-5-9-19-15-10-16(12-18-11-15)20-13-14-6-3-2-4-7-14;7-1(3(9)5(11)12)2(8)4(10)6(13)14/h2*2-4,6-7,10-12,17H,5,8-9,13H2,1H3;1-4,7-10H,(H,11,12)(H,13,14)/t;;1-,2+,3+,4-. The molecule has 4 aromatic rings. The summed E-state index contributed by atoms with van der Waals surface area (Å²) in [6, 6.07) is 23.8. The summed E-state index contributed by atoms with van der Waals surface area (Å²) < 4.78 is 22.6. The van der Waals surface area contributed by atoms with Crippen molar-refractivity contribution in [2.24, 2.45) is 0 Å². The molecule has 54 heavy (non-hydrogen) atoms. The van der Waals surface area contributed by atoms with E-state index in [0.717, 1.165) is 60.1 Å². The van der Waals surface area contributed by atoms with Crippen molar-refractivity contribution in [2.45, 2.75) is 50.5 Å². The molecule has 0 aliphatic rings. The molecule has 4 atom stereocenters.